The summed E-state index contributed by atoms with van der Waals surface area (Å²) in [4.78, 5) is 0. The van der Waals surface area contributed by atoms with Crippen LogP contribution in [0.15, 0.2) is 0 Å². The van der Waals surface area contributed by atoms with Gasteiger partial charge in [-0.25, -0.2) is 4.72 Å². The highest BCUT2D eigenvalue weighted by Gasteiger charge is 2.41. The quantitative estimate of drug-likeness (QED) is 0.763. The van der Waals surface area contributed by atoms with Crippen LogP contribution < -0.4 is 10.0 Å². The molecule has 0 radical (unpaired) electrons. The van der Waals surface area contributed by atoms with Crippen molar-refractivity contribution in [1.82, 2.24) is 14.3 Å². The fourth-order valence-electron chi connectivity index (χ4n) is 2.59. The van der Waals surface area contributed by atoms with E-state index in [0.717, 1.165) is 32.4 Å². The number of halogens is 1. The van der Waals surface area contributed by atoms with Crippen LogP contribution in [0.4, 0.5) is 0 Å². The first kappa shape index (κ1) is 14.2. The third-order valence-electron chi connectivity index (χ3n) is 3.19. The van der Waals surface area contributed by atoms with E-state index in [-0.39, 0.29) is 24.5 Å². The van der Waals surface area contributed by atoms with Gasteiger partial charge in [0.1, 0.15) is 0 Å². The Hall–Kier alpha value is 0.120. The van der Waals surface area contributed by atoms with E-state index >= 15 is 0 Å². The Bertz CT molecular complexity index is 309. The van der Waals surface area contributed by atoms with E-state index in [1.807, 2.05) is 6.92 Å². The zero-order chi connectivity index (χ0) is 10.9. The second kappa shape index (κ2) is 5.64. The van der Waals surface area contributed by atoms with Crippen LogP contribution in [0.1, 0.15) is 26.2 Å². The first-order valence-electron chi connectivity index (χ1n) is 5.64. The van der Waals surface area contributed by atoms with Gasteiger partial charge in [-0.1, -0.05) is 6.92 Å². The lowest BCUT2D eigenvalue weighted by molar-refractivity contribution is 0.329. The van der Waals surface area contributed by atoms with Gasteiger partial charge in [-0.05, 0) is 25.8 Å². The van der Waals surface area contributed by atoms with Gasteiger partial charge in [-0.15, -0.1) is 12.4 Å². The molecule has 2 N–H and O–H groups in total. The smallest absolute Gasteiger partial charge is 0.279 e. The largest absolute Gasteiger partial charge is 0.315 e. The Labute approximate surface area is 104 Å². The number of fused-ring (bicyclic) bond motifs is 2. The van der Waals surface area contributed by atoms with Crippen molar-refractivity contribution in [2.45, 2.75) is 38.3 Å². The molecule has 0 spiro atoms. The standard InChI is InChI=1S/C9H19N3O2S.ClH/c1-2-11-15(13,14)12-8-3-4-9(12)7-10-6-5-8;/h8-11H,2-7H2,1H3;1H. The van der Waals surface area contributed by atoms with Crippen LogP contribution in [0.3, 0.4) is 0 Å². The Morgan fingerprint density at radius 2 is 2.00 bits per heavy atom. The van der Waals surface area contributed by atoms with Gasteiger partial charge in [0.25, 0.3) is 10.2 Å². The lowest BCUT2D eigenvalue weighted by atomic mass is 10.1. The van der Waals surface area contributed by atoms with E-state index in [1.165, 1.54) is 0 Å². The number of hydrogen-bond donors (Lipinski definition) is 2. The highest BCUT2D eigenvalue weighted by Crippen LogP contribution is 2.29. The molecule has 2 rings (SSSR count). The molecule has 5 nitrogen and oxygen atoms in total. The Morgan fingerprint density at radius 3 is 2.69 bits per heavy atom. The fraction of sp³-hybridized carbons (Fsp3) is 1.00. The minimum absolute atomic E-state index is 0. The third-order valence-corrected chi connectivity index (χ3v) is 5.00. The zero-order valence-electron chi connectivity index (χ0n) is 9.48. The second-order valence-electron chi connectivity index (χ2n) is 4.21. The third kappa shape index (κ3) is 2.68. The highest BCUT2D eigenvalue weighted by atomic mass is 35.5. The van der Waals surface area contributed by atoms with E-state index in [9.17, 15) is 8.42 Å². The van der Waals surface area contributed by atoms with Crippen molar-refractivity contribution in [2.75, 3.05) is 19.6 Å². The van der Waals surface area contributed by atoms with E-state index in [2.05, 4.69) is 10.0 Å². The van der Waals surface area contributed by atoms with E-state index in [1.54, 1.807) is 4.31 Å². The average molecular weight is 270 g/mol. The molecule has 0 aromatic heterocycles. The van der Waals surface area contributed by atoms with Crippen molar-refractivity contribution in [1.29, 1.82) is 0 Å². The molecular weight excluding hydrogens is 250 g/mol. The molecule has 2 bridgehead atoms. The summed E-state index contributed by atoms with van der Waals surface area (Å²) >= 11 is 0. The van der Waals surface area contributed by atoms with Crippen LogP contribution in [0, 0.1) is 0 Å². The molecule has 0 saturated carbocycles. The van der Waals surface area contributed by atoms with Crippen molar-refractivity contribution < 1.29 is 8.42 Å². The lowest BCUT2D eigenvalue weighted by Crippen LogP contribution is -2.48. The molecular formula is C9H20ClN3O2S. The number of rotatable bonds is 3. The molecule has 2 aliphatic rings. The molecule has 0 amide bonds. The van der Waals surface area contributed by atoms with Gasteiger partial charge in [-0.2, -0.15) is 12.7 Å². The summed E-state index contributed by atoms with van der Waals surface area (Å²) in [7, 11) is -3.25. The summed E-state index contributed by atoms with van der Waals surface area (Å²) in [6, 6.07) is 0.357. The molecule has 2 heterocycles. The van der Waals surface area contributed by atoms with Crippen LogP contribution in [0.25, 0.3) is 0 Å². The summed E-state index contributed by atoms with van der Waals surface area (Å²) < 4.78 is 28.3. The van der Waals surface area contributed by atoms with Crippen molar-refractivity contribution in [3.8, 4) is 0 Å². The topological polar surface area (TPSA) is 61.4 Å². The van der Waals surface area contributed by atoms with E-state index in [4.69, 9.17) is 0 Å². The summed E-state index contributed by atoms with van der Waals surface area (Å²) in [6.07, 6.45) is 2.93. The Balaban J connectivity index is 0.00000128. The Morgan fingerprint density at radius 1 is 1.31 bits per heavy atom. The summed E-state index contributed by atoms with van der Waals surface area (Å²) in [5, 5.41) is 3.29. The van der Waals surface area contributed by atoms with Crippen LogP contribution in [0.2, 0.25) is 0 Å². The van der Waals surface area contributed by atoms with E-state index in [0.29, 0.717) is 6.54 Å². The SMILES string of the molecule is CCNS(=O)(=O)N1C2CCNCC1CC2.Cl. The number of hydrogen-bond acceptors (Lipinski definition) is 3. The average Bonchev–Trinajstić information content (AvgIpc) is 2.40. The van der Waals surface area contributed by atoms with Crippen LogP contribution in [-0.4, -0.2) is 44.4 Å². The van der Waals surface area contributed by atoms with Crippen molar-refractivity contribution in [3.63, 3.8) is 0 Å². The van der Waals surface area contributed by atoms with Gasteiger partial charge in [0.05, 0.1) is 0 Å². The maximum absolute atomic E-state index is 12.0. The molecule has 2 atom stereocenters. The Kier molecular flexibility index (Phi) is 5.00. The van der Waals surface area contributed by atoms with Gasteiger partial charge in [0.15, 0.2) is 0 Å². The molecule has 0 aromatic carbocycles. The fourth-order valence-corrected chi connectivity index (χ4v) is 4.28. The molecule has 96 valence electrons. The monoisotopic (exact) mass is 269 g/mol. The molecule has 2 unspecified atom stereocenters. The first-order valence-corrected chi connectivity index (χ1v) is 7.08. The minimum Gasteiger partial charge on any atom is -0.315 e. The van der Waals surface area contributed by atoms with Gasteiger partial charge in [-0.3, -0.25) is 0 Å². The number of nitrogens with zero attached hydrogens (tertiary/aromatic N) is 1. The maximum Gasteiger partial charge on any atom is 0.279 e. The van der Waals surface area contributed by atoms with Gasteiger partial charge in [0, 0.05) is 25.2 Å². The molecule has 16 heavy (non-hydrogen) atoms. The predicted molar refractivity (Wildman–Crippen MR) is 66.0 cm³/mol. The second-order valence-corrected chi connectivity index (χ2v) is 5.87. The molecule has 2 aliphatic heterocycles. The normalized spacial score (nSPS) is 30.8. The van der Waals surface area contributed by atoms with Crippen molar-refractivity contribution >= 4 is 22.6 Å². The highest BCUT2D eigenvalue weighted by molar-refractivity contribution is 7.87. The van der Waals surface area contributed by atoms with Crippen molar-refractivity contribution in [2.24, 2.45) is 0 Å². The van der Waals surface area contributed by atoms with Crippen LogP contribution >= 0.6 is 12.4 Å². The molecule has 2 saturated heterocycles. The van der Waals surface area contributed by atoms with Gasteiger partial charge < -0.3 is 5.32 Å². The van der Waals surface area contributed by atoms with E-state index < -0.39 is 10.2 Å². The molecule has 2 fully saturated rings. The molecule has 7 heteroatoms. The number of nitrogens with one attached hydrogen (secondary N) is 2. The predicted octanol–water partition coefficient (Wildman–Crippen LogP) is 0.0888. The summed E-state index contributed by atoms with van der Waals surface area (Å²) in [5.41, 5.74) is 0. The van der Waals surface area contributed by atoms with Crippen LogP contribution in [0.5, 0.6) is 0 Å². The molecule has 0 aromatic rings. The maximum atomic E-state index is 12.0. The zero-order valence-corrected chi connectivity index (χ0v) is 11.1. The lowest BCUT2D eigenvalue weighted by Gasteiger charge is -2.26. The molecule has 0 aliphatic carbocycles. The summed E-state index contributed by atoms with van der Waals surface area (Å²) in [5.74, 6) is 0. The van der Waals surface area contributed by atoms with Gasteiger partial charge >= 0.3 is 0 Å². The first-order chi connectivity index (χ1) is 7.15. The van der Waals surface area contributed by atoms with Crippen LogP contribution in [-0.2, 0) is 10.2 Å². The van der Waals surface area contributed by atoms with Gasteiger partial charge in [0.2, 0.25) is 0 Å². The van der Waals surface area contributed by atoms with Crippen molar-refractivity contribution in [3.05, 3.63) is 0 Å². The summed E-state index contributed by atoms with van der Waals surface area (Å²) in [6.45, 7) is 4.00. The minimum atomic E-state index is -3.25.